The van der Waals surface area contributed by atoms with Crippen molar-refractivity contribution in [3.63, 3.8) is 0 Å². The van der Waals surface area contributed by atoms with Crippen LogP contribution >= 0.6 is 0 Å². The number of nitrogens with two attached hydrogens (primary N) is 1. The van der Waals surface area contributed by atoms with Gasteiger partial charge in [-0.25, -0.2) is 9.97 Å². The Morgan fingerprint density at radius 2 is 1.94 bits per heavy atom. The molecular weight excluding hydrogens is 224 g/mol. The molecule has 3 rings (SSSR count). The normalized spacial score (nSPS) is 12.5. The largest absolute Gasteiger partial charge is 0.319 e. The van der Waals surface area contributed by atoms with Gasteiger partial charge in [0.25, 0.3) is 0 Å². The lowest BCUT2D eigenvalue weighted by atomic mass is 10.0. The van der Waals surface area contributed by atoms with Crippen LogP contribution in [0.2, 0.25) is 0 Å². The fraction of sp³-hybridized carbons (Fsp3) is 0.0714. The molecule has 1 aromatic carbocycles. The third-order valence-corrected chi connectivity index (χ3v) is 2.89. The van der Waals surface area contributed by atoms with Crippen LogP contribution in [-0.2, 0) is 0 Å². The van der Waals surface area contributed by atoms with Crippen molar-refractivity contribution in [2.75, 3.05) is 0 Å². The summed E-state index contributed by atoms with van der Waals surface area (Å²) in [5, 5.41) is 1.08. The number of hydrogen-bond acceptors (Lipinski definition) is 4. The second-order valence-electron chi connectivity index (χ2n) is 4.07. The lowest BCUT2D eigenvalue weighted by molar-refractivity contribution is 0.817. The van der Waals surface area contributed by atoms with Gasteiger partial charge in [0.2, 0.25) is 0 Å². The molecule has 1 atom stereocenters. The Balaban J connectivity index is 2.04. The van der Waals surface area contributed by atoms with Gasteiger partial charge in [-0.2, -0.15) is 0 Å². The Hall–Kier alpha value is -2.33. The number of hydrogen-bond donors (Lipinski definition) is 1. The zero-order valence-corrected chi connectivity index (χ0v) is 9.69. The van der Waals surface area contributed by atoms with E-state index in [0.717, 1.165) is 22.2 Å². The number of fused-ring (bicyclic) bond motifs is 1. The fourth-order valence-corrected chi connectivity index (χ4v) is 1.91. The molecule has 0 saturated carbocycles. The first kappa shape index (κ1) is 10.8. The van der Waals surface area contributed by atoms with E-state index in [1.807, 2.05) is 30.3 Å². The van der Waals surface area contributed by atoms with Crippen LogP contribution in [0.15, 0.2) is 55.1 Å². The van der Waals surface area contributed by atoms with Crippen LogP contribution in [-0.4, -0.2) is 15.0 Å². The topological polar surface area (TPSA) is 64.7 Å². The summed E-state index contributed by atoms with van der Waals surface area (Å²) in [7, 11) is 0. The number of aromatic nitrogens is 3. The zero-order chi connectivity index (χ0) is 12.4. The summed E-state index contributed by atoms with van der Waals surface area (Å²) >= 11 is 0. The van der Waals surface area contributed by atoms with Gasteiger partial charge >= 0.3 is 0 Å². The third kappa shape index (κ3) is 1.94. The van der Waals surface area contributed by atoms with E-state index in [-0.39, 0.29) is 6.04 Å². The Labute approximate surface area is 105 Å². The molecule has 4 nitrogen and oxygen atoms in total. The molecular formula is C14H12N4. The summed E-state index contributed by atoms with van der Waals surface area (Å²) in [6.07, 6.45) is 5.00. The lowest BCUT2D eigenvalue weighted by Crippen LogP contribution is -2.13. The third-order valence-electron chi connectivity index (χ3n) is 2.89. The number of para-hydroxylation sites is 1. The van der Waals surface area contributed by atoms with Gasteiger partial charge in [0.15, 0.2) is 0 Å². The highest BCUT2D eigenvalue weighted by molar-refractivity contribution is 5.78. The van der Waals surface area contributed by atoms with E-state index < -0.39 is 0 Å². The van der Waals surface area contributed by atoms with Crippen LogP contribution in [0.25, 0.3) is 10.9 Å². The summed E-state index contributed by atoms with van der Waals surface area (Å²) in [6.45, 7) is 0. The van der Waals surface area contributed by atoms with Crippen molar-refractivity contribution in [3.05, 3.63) is 66.4 Å². The quantitative estimate of drug-likeness (QED) is 0.739. The number of pyridine rings is 1. The molecule has 0 amide bonds. The number of rotatable bonds is 2. The maximum Gasteiger partial charge on any atom is 0.115 e. The minimum atomic E-state index is -0.273. The van der Waals surface area contributed by atoms with Gasteiger partial charge in [-0.1, -0.05) is 18.2 Å². The van der Waals surface area contributed by atoms with Crippen molar-refractivity contribution in [1.29, 1.82) is 0 Å². The average Bonchev–Trinajstić information content (AvgIpc) is 2.47. The molecule has 88 valence electrons. The number of benzene rings is 1. The monoisotopic (exact) mass is 236 g/mol. The van der Waals surface area contributed by atoms with Crippen molar-refractivity contribution in [2.24, 2.45) is 5.73 Å². The predicted octanol–water partition coefficient (Wildman–Crippen LogP) is 2.07. The summed E-state index contributed by atoms with van der Waals surface area (Å²) in [5.41, 5.74) is 8.89. The minimum Gasteiger partial charge on any atom is -0.319 e. The Morgan fingerprint density at radius 1 is 1.06 bits per heavy atom. The first-order chi connectivity index (χ1) is 8.84. The standard InChI is InChI=1S/C14H12N4/c15-14(13-5-6-16-9-18-13)11-7-10-3-1-2-4-12(10)17-8-11/h1-9,14H,15H2. The summed E-state index contributed by atoms with van der Waals surface area (Å²) in [5.74, 6) is 0. The molecule has 0 fully saturated rings. The maximum atomic E-state index is 6.18. The van der Waals surface area contributed by atoms with E-state index in [1.54, 1.807) is 12.4 Å². The second-order valence-corrected chi connectivity index (χ2v) is 4.07. The van der Waals surface area contributed by atoms with E-state index >= 15 is 0 Å². The van der Waals surface area contributed by atoms with Crippen molar-refractivity contribution < 1.29 is 0 Å². The van der Waals surface area contributed by atoms with E-state index in [0.29, 0.717) is 0 Å². The fourth-order valence-electron chi connectivity index (χ4n) is 1.91. The highest BCUT2D eigenvalue weighted by Crippen LogP contribution is 2.20. The van der Waals surface area contributed by atoms with Gasteiger partial charge in [-0.15, -0.1) is 0 Å². The van der Waals surface area contributed by atoms with Crippen molar-refractivity contribution in [3.8, 4) is 0 Å². The van der Waals surface area contributed by atoms with Crippen LogP contribution in [0, 0.1) is 0 Å². The molecule has 0 bridgehead atoms. The molecule has 2 N–H and O–H groups in total. The molecule has 2 aromatic heterocycles. The molecule has 0 spiro atoms. The van der Waals surface area contributed by atoms with Gasteiger partial charge in [-0.3, -0.25) is 4.98 Å². The maximum absolute atomic E-state index is 6.18. The van der Waals surface area contributed by atoms with Gasteiger partial charge < -0.3 is 5.73 Å². The van der Waals surface area contributed by atoms with Gasteiger partial charge in [0.1, 0.15) is 6.33 Å². The van der Waals surface area contributed by atoms with Gasteiger partial charge in [0, 0.05) is 17.8 Å². The zero-order valence-electron chi connectivity index (χ0n) is 9.69. The summed E-state index contributed by atoms with van der Waals surface area (Å²) in [4.78, 5) is 12.5. The summed E-state index contributed by atoms with van der Waals surface area (Å²) < 4.78 is 0. The minimum absolute atomic E-state index is 0.273. The molecule has 0 aliphatic rings. The molecule has 3 aromatic rings. The average molecular weight is 236 g/mol. The van der Waals surface area contributed by atoms with E-state index in [4.69, 9.17) is 5.73 Å². The van der Waals surface area contributed by atoms with Crippen LogP contribution in [0.5, 0.6) is 0 Å². The first-order valence-corrected chi connectivity index (χ1v) is 5.71. The molecule has 2 heterocycles. The number of nitrogens with zero attached hydrogens (tertiary/aromatic N) is 3. The lowest BCUT2D eigenvalue weighted by Gasteiger charge is -2.11. The molecule has 18 heavy (non-hydrogen) atoms. The van der Waals surface area contributed by atoms with E-state index in [2.05, 4.69) is 21.0 Å². The van der Waals surface area contributed by atoms with Crippen molar-refractivity contribution >= 4 is 10.9 Å². The molecule has 1 unspecified atom stereocenters. The van der Waals surface area contributed by atoms with E-state index in [9.17, 15) is 0 Å². The first-order valence-electron chi connectivity index (χ1n) is 5.71. The van der Waals surface area contributed by atoms with Crippen LogP contribution < -0.4 is 5.73 Å². The molecule has 0 radical (unpaired) electrons. The summed E-state index contributed by atoms with van der Waals surface area (Å²) in [6, 6.07) is 11.6. The molecule has 0 saturated heterocycles. The van der Waals surface area contributed by atoms with Crippen molar-refractivity contribution in [2.45, 2.75) is 6.04 Å². The molecule has 0 aliphatic carbocycles. The smallest absolute Gasteiger partial charge is 0.115 e. The Kier molecular flexibility index (Phi) is 2.70. The highest BCUT2D eigenvalue weighted by Gasteiger charge is 2.10. The molecule has 0 aliphatic heterocycles. The second kappa shape index (κ2) is 4.50. The van der Waals surface area contributed by atoms with Gasteiger partial charge in [0.05, 0.1) is 17.3 Å². The van der Waals surface area contributed by atoms with Crippen molar-refractivity contribution in [1.82, 2.24) is 15.0 Å². The predicted molar refractivity (Wildman–Crippen MR) is 69.8 cm³/mol. The Bertz CT molecular complexity index is 667. The molecule has 4 heteroatoms. The van der Waals surface area contributed by atoms with Crippen LogP contribution in [0.3, 0.4) is 0 Å². The van der Waals surface area contributed by atoms with E-state index in [1.165, 1.54) is 6.33 Å². The SMILES string of the molecule is NC(c1cnc2ccccc2c1)c1ccncn1. The van der Waals surface area contributed by atoms with Crippen LogP contribution in [0.1, 0.15) is 17.3 Å². The van der Waals surface area contributed by atoms with Crippen LogP contribution in [0.4, 0.5) is 0 Å². The highest BCUT2D eigenvalue weighted by atomic mass is 14.9. The Morgan fingerprint density at radius 3 is 2.78 bits per heavy atom. The van der Waals surface area contributed by atoms with Gasteiger partial charge in [-0.05, 0) is 23.8 Å².